The Hall–Kier alpha value is -2.71. The summed E-state index contributed by atoms with van der Waals surface area (Å²) in [6.07, 6.45) is 3.73. The molecule has 1 fully saturated rings. The van der Waals surface area contributed by atoms with Gasteiger partial charge >= 0.3 is 0 Å². The molecule has 0 atom stereocenters. The van der Waals surface area contributed by atoms with E-state index in [1.165, 1.54) is 4.31 Å². The summed E-state index contributed by atoms with van der Waals surface area (Å²) in [5, 5.41) is 3.01. The summed E-state index contributed by atoms with van der Waals surface area (Å²) in [5.74, 6) is -0.122. The Kier molecular flexibility index (Phi) is 6.15. The molecule has 1 amide bonds. The van der Waals surface area contributed by atoms with Crippen LogP contribution in [0.3, 0.4) is 0 Å². The molecule has 4 rings (SSSR count). The van der Waals surface area contributed by atoms with Crippen molar-refractivity contribution >= 4 is 27.0 Å². The highest BCUT2D eigenvalue weighted by Gasteiger charge is 2.31. The number of benzene rings is 2. The van der Waals surface area contributed by atoms with E-state index in [1.54, 1.807) is 30.3 Å². The molecule has 1 aliphatic rings. The fourth-order valence-corrected chi connectivity index (χ4v) is 5.38. The molecule has 1 N–H and O–H groups in total. The highest BCUT2D eigenvalue weighted by Crippen LogP contribution is 2.23. The van der Waals surface area contributed by atoms with Crippen molar-refractivity contribution in [1.29, 1.82) is 0 Å². The first-order valence-corrected chi connectivity index (χ1v) is 11.7. The fraction of sp³-hybridized carbons (Fsp3) is 0.364. The quantitative estimate of drug-likeness (QED) is 0.589. The highest BCUT2D eigenvalue weighted by atomic mass is 32.2. The second-order valence-electron chi connectivity index (χ2n) is 7.56. The van der Waals surface area contributed by atoms with Crippen LogP contribution in [0.5, 0.6) is 0 Å². The second kappa shape index (κ2) is 8.97. The van der Waals surface area contributed by atoms with Gasteiger partial charge < -0.3 is 9.88 Å². The number of rotatable bonds is 7. The van der Waals surface area contributed by atoms with Crippen molar-refractivity contribution in [2.24, 2.45) is 5.92 Å². The molecular weight excluding hydrogens is 400 g/mol. The third-order valence-corrected chi connectivity index (χ3v) is 7.52. The molecule has 1 aliphatic heterocycles. The van der Waals surface area contributed by atoms with Crippen LogP contribution in [0.4, 0.5) is 0 Å². The monoisotopic (exact) mass is 426 g/mol. The smallest absolute Gasteiger partial charge is 0.243 e. The number of sulfonamides is 1. The van der Waals surface area contributed by atoms with Gasteiger partial charge in [-0.3, -0.25) is 4.79 Å². The lowest BCUT2D eigenvalue weighted by Crippen LogP contribution is -2.43. The summed E-state index contributed by atoms with van der Waals surface area (Å²) in [5.41, 5.74) is 2.06. The van der Waals surface area contributed by atoms with Crippen LogP contribution in [-0.4, -0.2) is 47.8 Å². The summed E-state index contributed by atoms with van der Waals surface area (Å²) < 4.78 is 29.0. The maximum absolute atomic E-state index is 12.7. The molecule has 1 aromatic heterocycles. The van der Waals surface area contributed by atoms with Gasteiger partial charge in [0.25, 0.3) is 0 Å². The van der Waals surface area contributed by atoms with E-state index in [9.17, 15) is 13.2 Å². The minimum Gasteiger partial charge on any atom is -0.356 e. The van der Waals surface area contributed by atoms with Crippen LogP contribution in [0.2, 0.25) is 0 Å². The van der Waals surface area contributed by atoms with Gasteiger partial charge in [-0.1, -0.05) is 30.3 Å². The number of para-hydroxylation sites is 2. The Morgan fingerprint density at radius 3 is 2.50 bits per heavy atom. The molecule has 2 heterocycles. The van der Waals surface area contributed by atoms with E-state index in [4.69, 9.17) is 0 Å². The number of piperidine rings is 1. The van der Waals surface area contributed by atoms with Gasteiger partial charge in [0, 0.05) is 32.1 Å². The molecule has 8 heteroatoms. The summed E-state index contributed by atoms with van der Waals surface area (Å²) in [6, 6.07) is 16.4. The Morgan fingerprint density at radius 1 is 1.03 bits per heavy atom. The predicted octanol–water partition coefficient (Wildman–Crippen LogP) is 2.64. The molecule has 1 saturated heterocycles. The number of carbonyl (C=O) groups excluding carboxylic acids is 1. The van der Waals surface area contributed by atoms with Crippen molar-refractivity contribution in [2.45, 2.75) is 30.7 Å². The predicted molar refractivity (Wildman–Crippen MR) is 115 cm³/mol. The Labute approximate surface area is 176 Å². The zero-order valence-corrected chi connectivity index (χ0v) is 17.6. The molecule has 0 aliphatic carbocycles. The zero-order valence-electron chi connectivity index (χ0n) is 16.8. The zero-order chi connectivity index (χ0) is 21.0. The topological polar surface area (TPSA) is 84.3 Å². The average molecular weight is 427 g/mol. The van der Waals surface area contributed by atoms with Crippen LogP contribution in [-0.2, 0) is 21.4 Å². The average Bonchev–Trinajstić information content (AvgIpc) is 3.20. The van der Waals surface area contributed by atoms with Gasteiger partial charge in [0.1, 0.15) is 0 Å². The number of carbonyl (C=O) groups is 1. The number of fused-ring (bicyclic) bond motifs is 1. The summed E-state index contributed by atoms with van der Waals surface area (Å²) in [7, 11) is -3.48. The fourth-order valence-electron chi connectivity index (χ4n) is 3.89. The standard InChI is InChI=1S/C22H26N4O3S/c27-22(23-13-6-14-25-17-24-20-9-4-5-10-21(20)25)18-11-15-26(16-12-18)30(28,29)19-7-2-1-3-8-19/h1-5,7-10,17-18H,6,11-16H2,(H,23,27). The van der Waals surface area contributed by atoms with Crippen LogP contribution >= 0.6 is 0 Å². The number of imidazole rings is 1. The van der Waals surface area contributed by atoms with Gasteiger partial charge in [-0.25, -0.2) is 13.4 Å². The molecule has 158 valence electrons. The minimum atomic E-state index is -3.48. The molecule has 2 aromatic carbocycles. The third-order valence-electron chi connectivity index (χ3n) is 5.61. The van der Waals surface area contributed by atoms with Crippen molar-refractivity contribution in [3.63, 3.8) is 0 Å². The van der Waals surface area contributed by atoms with Crippen LogP contribution < -0.4 is 5.32 Å². The van der Waals surface area contributed by atoms with Crippen molar-refractivity contribution in [3.8, 4) is 0 Å². The molecule has 0 unspecified atom stereocenters. The summed E-state index contributed by atoms with van der Waals surface area (Å²) in [4.78, 5) is 17.2. The van der Waals surface area contributed by atoms with E-state index < -0.39 is 10.0 Å². The van der Waals surface area contributed by atoms with Crippen LogP contribution in [0.1, 0.15) is 19.3 Å². The molecule has 0 spiro atoms. The van der Waals surface area contributed by atoms with Gasteiger partial charge in [-0.05, 0) is 43.5 Å². The van der Waals surface area contributed by atoms with Gasteiger partial charge in [0.2, 0.25) is 15.9 Å². The first-order chi connectivity index (χ1) is 14.6. The van der Waals surface area contributed by atoms with Gasteiger partial charge in [-0.2, -0.15) is 4.31 Å². The van der Waals surface area contributed by atoms with E-state index in [0.29, 0.717) is 37.4 Å². The number of aromatic nitrogens is 2. The first-order valence-electron chi connectivity index (χ1n) is 10.3. The number of nitrogens with zero attached hydrogens (tertiary/aromatic N) is 3. The maximum Gasteiger partial charge on any atom is 0.243 e. The molecule has 7 nitrogen and oxygen atoms in total. The lowest BCUT2D eigenvalue weighted by atomic mass is 9.97. The van der Waals surface area contributed by atoms with E-state index in [2.05, 4.69) is 14.9 Å². The van der Waals surface area contributed by atoms with Gasteiger partial charge in [-0.15, -0.1) is 0 Å². The lowest BCUT2D eigenvalue weighted by Gasteiger charge is -2.30. The number of amides is 1. The molecule has 0 bridgehead atoms. The van der Waals surface area contributed by atoms with Crippen molar-refractivity contribution < 1.29 is 13.2 Å². The van der Waals surface area contributed by atoms with E-state index in [-0.39, 0.29) is 11.8 Å². The third kappa shape index (κ3) is 4.39. The van der Waals surface area contributed by atoms with Crippen LogP contribution in [0, 0.1) is 5.92 Å². The SMILES string of the molecule is O=C(NCCCn1cnc2ccccc21)C1CCN(S(=O)(=O)c2ccccc2)CC1. The van der Waals surface area contributed by atoms with E-state index >= 15 is 0 Å². The Bertz CT molecular complexity index is 1100. The van der Waals surface area contributed by atoms with Gasteiger partial charge in [0.05, 0.1) is 22.3 Å². The number of nitrogens with one attached hydrogen (secondary N) is 1. The Balaban J connectivity index is 1.23. The number of hydrogen-bond donors (Lipinski definition) is 1. The number of aryl methyl sites for hydroxylation is 1. The molecule has 0 saturated carbocycles. The van der Waals surface area contributed by atoms with Crippen molar-refractivity contribution in [2.75, 3.05) is 19.6 Å². The summed E-state index contributed by atoms with van der Waals surface area (Å²) in [6.45, 7) is 2.12. The molecule has 30 heavy (non-hydrogen) atoms. The van der Waals surface area contributed by atoms with E-state index in [0.717, 1.165) is 24.0 Å². The van der Waals surface area contributed by atoms with Crippen LogP contribution in [0.25, 0.3) is 11.0 Å². The molecule has 0 radical (unpaired) electrons. The number of hydrogen-bond acceptors (Lipinski definition) is 4. The van der Waals surface area contributed by atoms with Gasteiger partial charge in [0.15, 0.2) is 0 Å². The van der Waals surface area contributed by atoms with Crippen molar-refractivity contribution in [1.82, 2.24) is 19.2 Å². The minimum absolute atomic E-state index is 0.0160. The first kappa shape index (κ1) is 20.6. The molecular formula is C22H26N4O3S. The normalized spacial score (nSPS) is 16.0. The highest BCUT2D eigenvalue weighted by molar-refractivity contribution is 7.89. The molecule has 3 aromatic rings. The largest absolute Gasteiger partial charge is 0.356 e. The van der Waals surface area contributed by atoms with Crippen LogP contribution in [0.15, 0.2) is 65.8 Å². The second-order valence-corrected chi connectivity index (χ2v) is 9.50. The Morgan fingerprint density at radius 2 is 1.73 bits per heavy atom. The maximum atomic E-state index is 12.7. The van der Waals surface area contributed by atoms with Crippen molar-refractivity contribution in [3.05, 3.63) is 60.9 Å². The summed E-state index contributed by atoms with van der Waals surface area (Å²) >= 11 is 0. The van der Waals surface area contributed by atoms with E-state index in [1.807, 2.05) is 30.6 Å². The lowest BCUT2D eigenvalue weighted by molar-refractivity contribution is -0.126.